The number of rotatable bonds is 5. The minimum absolute atomic E-state index is 0.265. The highest BCUT2D eigenvalue weighted by Crippen LogP contribution is 2.62. The monoisotopic (exact) mass is 225 g/mol. The lowest BCUT2D eigenvalue weighted by Crippen LogP contribution is -2.22. The number of hydrogen-bond acceptors (Lipinski definition) is 3. The number of nitrogens with one attached hydrogen (secondary N) is 1. The zero-order chi connectivity index (χ0) is 12.4. The summed E-state index contributed by atoms with van der Waals surface area (Å²) in [6.45, 7) is 12.0. The quantitative estimate of drug-likeness (QED) is 0.575. The van der Waals surface area contributed by atoms with Gasteiger partial charge in [-0.05, 0) is 17.8 Å². The van der Waals surface area contributed by atoms with Gasteiger partial charge in [0.15, 0.2) is 0 Å². The molecule has 3 nitrogen and oxygen atoms in total. The summed E-state index contributed by atoms with van der Waals surface area (Å²) < 4.78 is 4.79. The van der Waals surface area contributed by atoms with E-state index in [4.69, 9.17) is 4.74 Å². The lowest BCUT2D eigenvalue weighted by Gasteiger charge is -2.03. The number of carbonyl (C=O) groups is 1. The van der Waals surface area contributed by atoms with Crippen LogP contribution >= 0.6 is 0 Å². The van der Waals surface area contributed by atoms with Gasteiger partial charge in [-0.25, -0.2) is 4.79 Å². The zero-order valence-corrected chi connectivity index (χ0v) is 11.0. The van der Waals surface area contributed by atoms with Crippen molar-refractivity contribution in [2.24, 2.45) is 10.8 Å². The van der Waals surface area contributed by atoms with Crippen LogP contribution in [0.2, 0.25) is 0 Å². The molecule has 1 aliphatic rings. The van der Waals surface area contributed by atoms with E-state index < -0.39 is 0 Å². The van der Waals surface area contributed by atoms with Gasteiger partial charge in [0, 0.05) is 18.7 Å². The zero-order valence-electron chi connectivity index (χ0n) is 11.0. The summed E-state index contributed by atoms with van der Waals surface area (Å²) in [5, 5.41) is 3.44. The molecular weight excluding hydrogens is 202 g/mol. The molecule has 0 aromatic rings. The summed E-state index contributed by atoms with van der Waals surface area (Å²) in [7, 11) is 0. The van der Waals surface area contributed by atoms with Crippen molar-refractivity contribution < 1.29 is 9.53 Å². The van der Waals surface area contributed by atoms with Gasteiger partial charge in [-0.15, -0.1) is 0 Å². The first-order valence-corrected chi connectivity index (χ1v) is 5.90. The molecule has 0 aliphatic heterocycles. The average Bonchev–Trinajstić information content (AvgIpc) is 2.54. The van der Waals surface area contributed by atoms with Crippen molar-refractivity contribution in [1.29, 1.82) is 0 Å². The van der Waals surface area contributed by atoms with Crippen LogP contribution in [-0.2, 0) is 9.53 Å². The minimum Gasteiger partial charge on any atom is -0.463 e. The first-order chi connectivity index (χ1) is 7.34. The van der Waals surface area contributed by atoms with Gasteiger partial charge in [0.25, 0.3) is 0 Å². The molecule has 0 atom stereocenters. The highest BCUT2D eigenvalue weighted by molar-refractivity contribution is 5.81. The van der Waals surface area contributed by atoms with Crippen LogP contribution < -0.4 is 5.32 Å². The fourth-order valence-corrected chi connectivity index (χ4v) is 2.24. The van der Waals surface area contributed by atoms with E-state index in [1.165, 1.54) is 6.08 Å². The van der Waals surface area contributed by atoms with Crippen molar-refractivity contribution in [3.8, 4) is 0 Å². The second-order valence-electron chi connectivity index (χ2n) is 5.44. The van der Waals surface area contributed by atoms with Crippen molar-refractivity contribution in [2.75, 3.05) is 13.2 Å². The van der Waals surface area contributed by atoms with Crippen molar-refractivity contribution in [2.45, 2.75) is 40.7 Å². The third kappa shape index (κ3) is 2.46. The van der Waals surface area contributed by atoms with Gasteiger partial charge in [-0.1, -0.05) is 33.8 Å². The van der Waals surface area contributed by atoms with Gasteiger partial charge in [-0.3, -0.25) is 0 Å². The molecular formula is C13H23NO2. The predicted molar refractivity (Wildman–Crippen MR) is 65.1 cm³/mol. The Labute approximate surface area is 98.2 Å². The van der Waals surface area contributed by atoms with Crippen LogP contribution in [0.15, 0.2) is 12.2 Å². The summed E-state index contributed by atoms with van der Waals surface area (Å²) >= 11 is 0. The molecule has 0 heterocycles. The third-order valence-corrected chi connectivity index (χ3v) is 4.00. The Hall–Kier alpha value is -0.830. The molecule has 16 heavy (non-hydrogen) atoms. The molecule has 1 rings (SSSR count). The first-order valence-electron chi connectivity index (χ1n) is 5.90. The van der Waals surface area contributed by atoms with E-state index in [0.717, 1.165) is 6.54 Å². The fourth-order valence-electron chi connectivity index (χ4n) is 2.24. The molecule has 1 N–H and O–H groups in total. The molecule has 0 saturated heterocycles. The Kier molecular flexibility index (Phi) is 3.79. The molecule has 1 aliphatic carbocycles. The summed E-state index contributed by atoms with van der Waals surface area (Å²) in [6, 6.07) is 0.520. The Morgan fingerprint density at radius 2 is 1.88 bits per heavy atom. The largest absolute Gasteiger partial charge is 0.463 e. The van der Waals surface area contributed by atoms with Crippen LogP contribution in [0, 0.1) is 10.8 Å². The van der Waals surface area contributed by atoms with Gasteiger partial charge < -0.3 is 10.1 Å². The van der Waals surface area contributed by atoms with Crippen LogP contribution in [0.3, 0.4) is 0 Å². The smallest absolute Gasteiger partial charge is 0.330 e. The van der Waals surface area contributed by atoms with Gasteiger partial charge in [0.2, 0.25) is 0 Å². The van der Waals surface area contributed by atoms with Crippen LogP contribution in [0.4, 0.5) is 0 Å². The van der Waals surface area contributed by atoms with Crippen LogP contribution in [0.1, 0.15) is 34.6 Å². The van der Waals surface area contributed by atoms with E-state index in [1.54, 1.807) is 6.92 Å². The highest BCUT2D eigenvalue weighted by Gasteiger charge is 2.64. The molecule has 0 unspecified atom stereocenters. The molecule has 0 aromatic heterocycles. The van der Waals surface area contributed by atoms with Crippen LogP contribution in [0.5, 0.6) is 0 Å². The number of hydrogen-bond donors (Lipinski definition) is 1. The van der Waals surface area contributed by atoms with Crippen molar-refractivity contribution >= 4 is 5.97 Å². The third-order valence-electron chi connectivity index (χ3n) is 4.00. The minimum atomic E-state index is -0.265. The standard InChI is InChI=1S/C13H23NO2/c1-6-16-10(15)8-7-9-14-11-12(2,3)13(11,4)5/h7-8,11,14H,6,9H2,1-5H3/b8-7+. The van der Waals surface area contributed by atoms with Gasteiger partial charge in [-0.2, -0.15) is 0 Å². The van der Waals surface area contributed by atoms with Crippen LogP contribution in [0.25, 0.3) is 0 Å². The molecule has 0 radical (unpaired) electrons. The van der Waals surface area contributed by atoms with E-state index >= 15 is 0 Å². The van der Waals surface area contributed by atoms with Gasteiger partial charge >= 0.3 is 5.97 Å². The van der Waals surface area contributed by atoms with E-state index in [0.29, 0.717) is 23.5 Å². The topological polar surface area (TPSA) is 38.3 Å². The Morgan fingerprint density at radius 1 is 1.31 bits per heavy atom. The van der Waals surface area contributed by atoms with E-state index in [9.17, 15) is 4.79 Å². The molecule has 0 amide bonds. The van der Waals surface area contributed by atoms with Crippen molar-refractivity contribution in [3.63, 3.8) is 0 Å². The SMILES string of the molecule is CCOC(=O)/C=C/CNC1C(C)(C)C1(C)C. The summed E-state index contributed by atoms with van der Waals surface area (Å²) in [5.74, 6) is -0.265. The maximum atomic E-state index is 11.0. The summed E-state index contributed by atoms with van der Waals surface area (Å²) in [6.07, 6.45) is 3.31. The van der Waals surface area contributed by atoms with Crippen LogP contribution in [-0.4, -0.2) is 25.2 Å². The Balaban J connectivity index is 2.26. The fraction of sp³-hybridized carbons (Fsp3) is 0.769. The maximum absolute atomic E-state index is 11.0. The van der Waals surface area contributed by atoms with E-state index in [-0.39, 0.29) is 5.97 Å². The summed E-state index contributed by atoms with van der Waals surface area (Å²) in [5.41, 5.74) is 0.676. The normalized spacial score (nSPS) is 22.3. The molecule has 92 valence electrons. The molecule has 3 heteroatoms. The molecule has 0 bridgehead atoms. The van der Waals surface area contributed by atoms with E-state index in [1.807, 2.05) is 6.08 Å². The van der Waals surface area contributed by atoms with Gasteiger partial charge in [0.1, 0.15) is 0 Å². The molecule has 0 spiro atoms. The summed E-state index contributed by atoms with van der Waals surface area (Å²) in [4.78, 5) is 11.0. The first kappa shape index (κ1) is 13.2. The number of esters is 1. The lowest BCUT2D eigenvalue weighted by atomic mass is 10.0. The van der Waals surface area contributed by atoms with Crippen molar-refractivity contribution in [3.05, 3.63) is 12.2 Å². The van der Waals surface area contributed by atoms with Crippen molar-refractivity contribution in [1.82, 2.24) is 5.32 Å². The number of carbonyl (C=O) groups excluding carboxylic acids is 1. The maximum Gasteiger partial charge on any atom is 0.330 e. The number of ether oxygens (including phenoxy) is 1. The Bertz CT molecular complexity index is 278. The average molecular weight is 225 g/mol. The van der Waals surface area contributed by atoms with Gasteiger partial charge in [0.05, 0.1) is 6.61 Å². The lowest BCUT2D eigenvalue weighted by molar-refractivity contribution is -0.137. The second kappa shape index (κ2) is 4.58. The van der Waals surface area contributed by atoms with E-state index in [2.05, 4.69) is 33.0 Å². The predicted octanol–water partition coefficient (Wildman–Crippen LogP) is 2.13. The molecule has 0 aromatic carbocycles. The molecule has 1 saturated carbocycles. The molecule has 1 fully saturated rings. The highest BCUT2D eigenvalue weighted by atomic mass is 16.5. The Morgan fingerprint density at radius 3 is 2.31 bits per heavy atom. The second-order valence-corrected chi connectivity index (χ2v) is 5.44.